The number of aryl methyl sites for hydroxylation is 1. The highest BCUT2D eigenvalue weighted by Gasteiger charge is 2.16. The number of aliphatic hydroxyl groups is 3. The normalized spacial score (nSPS) is 14.3. The van der Waals surface area contributed by atoms with Crippen LogP contribution in [0.1, 0.15) is 23.7 Å². The van der Waals surface area contributed by atoms with Crippen LogP contribution in [-0.2, 0) is 11.2 Å². The Morgan fingerprint density at radius 1 is 1.18 bits per heavy atom. The van der Waals surface area contributed by atoms with Crippen LogP contribution >= 0.6 is 0 Å². The first-order valence-electron chi connectivity index (χ1n) is 5.32. The van der Waals surface area contributed by atoms with Crippen LogP contribution in [0.3, 0.4) is 0 Å². The van der Waals surface area contributed by atoms with Gasteiger partial charge in [0.15, 0.2) is 0 Å². The van der Waals surface area contributed by atoms with Gasteiger partial charge in [-0.2, -0.15) is 0 Å². The average Bonchev–Trinajstić information content (AvgIpc) is 2.35. The molecule has 4 N–H and O–H groups in total. The summed E-state index contributed by atoms with van der Waals surface area (Å²) in [4.78, 5) is 10.4. The fourth-order valence-electron chi connectivity index (χ4n) is 1.45. The molecule has 0 aliphatic carbocycles. The van der Waals surface area contributed by atoms with Crippen molar-refractivity contribution in [2.24, 2.45) is 0 Å². The van der Waals surface area contributed by atoms with E-state index in [1.807, 2.05) is 0 Å². The second-order valence-corrected chi connectivity index (χ2v) is 3.83. The van der Waals surface area contributed by atoms with Crippen LogP contribution in [0.25, 0.3) is 0 Å². The molecular weight excluding hydrogens is 224 g/mol. The monoisotopic (exact) mass is 240 g/mol. The number of aliphatic carboxylic acids is 1. The lowest BCUT2D eigenvalue weighted by molar-refractivity contribution is -0.136. The molecule has 2 atom stereocenters. The van der Waals surface area contributed by atoms with Crippen molar-refractivity contribution in [3.8, 4) is 0 Å². The van der Waals surface area contributed by atoms with Gasteiger partial charge >= 0.3 is 5.97 Å². The Morgan fingerprint density at radius 2 is 1.76 bits per heavy atom. The summed E-state index contributed by atoms with van der Waals surface area (Å²) in [5, 5.41) is 36.1. The van der Waals surface area contributed by atoms with Crippen LogP contribution in [0.2, 0.25) is 0 Å². The average molecular weight is 240 g/mol. The van der Waals surface area contributed by atoms with Gasteiger partial charge in [-0.05, 0) is 17.5 Å². The van der Waals surface area contributed by atoms with Crippen molar-refractivity contribution >= 4 is 5.97 Å². The summed E-state index contributed by atoms with van der Waals surface area (Å²) < 4.78 is 0. The number of carboxylic acids is 1. The predicted octanol–water partition coefficient (Wildman–Crippen LogP) is 0.0904. The molecule has 1 aromatic rings. The zero-order chi connectivity index (χ0) is 12.8. The number of aliphatic hydroxyl groups excluding tert-OH is 3. The van der Waals surface area contributed by atoms with Crippen LogP contribution in [0.15, 0.2) is 24.3 Å². The molecule has 0 amide bonds. The van der Waals surface area contributed by atoms with Gasteiger partial charge in [0, 0.05) is 6.42 Å². The molecule has 17 heavy (non-hydrogen) atoms. The number of benzene rings is 1. The van der Waals surface area contributed by atoms with Gasteiger partial charge in [-0.1, -0.05) is 24.3 Å². The number of hydrogen-bond donors (Lipinski definition) is 4. The first kappa shape index (κ1) is 13.6. The van der Waals surface area contributed by atoms with E-state index in [4.69, 9.17) is 10.2 Å². The summed E-state index contributed by atoms with van der Waals surface area (Å²) in [6.07, 6.45) is -1.86. The highest BCUT2D eigenvalue weighted by Crippen LogP contribution is 2.17. The largest absolute Gasteiger partial charge is 0.481 e. The maximum atomic E-state index is 10.4. The third-order valence-electron chi connectivity index (χ3n) is 2.50. The summed E-state index contributed by atoms with van der Waals surface area (Å²) in [6.45, 7) is -0.512. The van der Waals surface area contributed by atoms with E-state index in [0.717, 1.165) is 5.56 Å². The molecular formula is C12H16O5. The minimum Gasteiger partial charge on any atom is -0.481 e. The smallest absolute Gasteiger partial charge is 0.303 e. The van der Waals surface area contributed by atoms with Crippen molar-refractivity contribution in [2.75, 3.05) is 6.61 Å². The fraction of sp³-hybridized carbons (Fsp3) is 0.417. The van der Waals surface area contributed by atoms with Crippen LogP contribution in [-0.4, -0.2) is 39.1 Å². The Balaban J connectivity index is 2.64. The Hall–Kier alpha value is -1.43. The second kappa shape index (κ2) is 6.34. The van der Waals surface area contributed by atoms with Crippen molar-refractivity contribution in [1.29, 1.82) is 0 Å². The Bertz CT molecular complexity index is 360. The molecule has 2 unspecified atom stereocenters. The minimum absolute atomic E-state index is 0.0567. The topological polar surface area (TPSA) is 98.0 Å². The molecule has 0 heterocycles. The second-order valence-electron chi connectivity index (χ2n) is 3.83. The van der Waals surface area contributed by atoms with Gasteiger partial charge in [0.25, 0.3) is 0 Å². The molecule has 1 aromatic carbocycles. The summed E-state index contributed by atoms with van der Waals surface area (Å²) in [5.41, 5.74) is 1.34. The van der Waals surface area contributed by atoms with Gasteiger partial charge in [0.2, 0.25) is 0 Å². The van der Waals surface area contributed by atoms with E-state index in [9.17, 15) is 15.0 Å². The van der Waals surface area contributed by atoms with Gasteiger partial charge in [-0.3, -0.25) is 4.79 Å². The molecule has 5 heteroatoms. The molecule has 0 saturated carbocycles. The first-order valence-corrected chi connectivity index (χ1v) is 5.32. The van der Waals surface area contributed by atoms with Crippen LogP contribution < -0.4 is 0 Å². The Kier molecular flexibility index (Phi) is 5.09. The lowest BCUT2D eigenvalue weighted by Gasteiger charge is -2.16. The van der Waals surface area contributed by atoms with Crippen molar-refractivity contribution in [1.82, 2.24) is 0 Å². The van der Waals surface area contributed by atoms with E-state index < -0.39 is 24.8 Å². The van der Waals surface area contributed by atoms with Crippen LogP contribution in [0, 0.1) is 0 Å². The third-order valence-corrected chi connectivity index (χ3v) is 2.50. The molecule has 0 spiro atoms. The molecule has 0 bridgehead atoms. The van der Waals surface area contributed by atoms with E-state index in [-0.39, 0.29) is 6.42 Å². The van der Waals surface area contributed by atoms with E-state index in [0.29, 0.717) is 12.0 Å². The standard InChI is InChI=1S/C12H16O5/c13-7-10(14)12(17)9-4-1-8(2-5-9)3-6-11(15)16/h1-2,4-5,10,12-14,17H,3,6-7H2,(H,15,16). The number of rotatable bonds is 6. The molecule has 0 radical (unpaired) electrons. The zero-order valence-electron chi connectivity index (χ0n) is 9.28. The van der Waals surface area contributed by atoms with Crippen LogP contribution in [0.5, 0.6) is 0 Å². The van der Waals surface area contributed by atoms with Crippen molar-refractivity contribution in [2.45, 2.75) is 25.0 Å². The van der Waals surface area contributed by atoms with Gasteiger partial charge in [0.1, 0.15) is 12.2 Å². The highest BCUT2D eigenvalue weighted by molar-refractivity contribution is 5.67. The number of hydrogen-bond acceptors (Lipinski definition) is 4. The molecule has 0 saturated heterocycles. The molecule has 1 rings (SSSR count). The zero-order valence-corrected chi connectivity index (χ0v) is 9.28. The Morgan fingerprint density at radius 3 is 2.24 bits per heavy atom. The number of carboxylic acid groups (broad SMARTS) is 1. The summed E-state index contributed by atoms with van der Waals surface area (Å²) >= 11 is 0. The maximum absolute atomic E-state index is 10.4. The Labute approximate surface area is 99.0 Å². The van der Waals surface area contributed by atoms with Crippen molar-refractivity contribution in [3.63, 3.8) is 0 Å². The quantitative estimate of drug-likeness (QED) is 0.565. The van der Waals surface area contributed by atoms with Crippen molar-refractivity contribution < 1.29 is 25.2 Å². The predicted molar refractivity (Wildman–Crippen MR) is 60.5 cm³/mol. The SMILES string of the molecule is O=C(O)CCc1ccc(C(O)C(O)CO)cc1. The molecule has 94 valence electrons. The maximum Gasteiger partial charge on any atom is 0.303 e. The summed E-state index contributed by atoms with van der Waals surface area (Å²) in [5.74, 6) is -0.857. The lowest BCUT2D eigenvalue weighted by Crippen LogP contribution is -2.21. The summed E-state index contributed by atoms with van der Waals surface area (Å²) in [7, 11) is 0. The van der Waals surface area contributed by atoms with E-state index in [2.05, 4.69) is 0 Å². The lowest BCUT2D eigenvalue weighted by atomic mass is 10.0. The molecule has 0 aromatic heterocycles. The van der Waals surface area contributed by atoms with Crippen molar-refractivity contribution in [3.05, 3.63) is 35.4 Å². The van der Waals surface area contributed by atoms with E-state index >= 15 is 0 Å². The molecule has 0 fully saturated rings. The van der Waals surface area contributed by atoms with E-state index in [1.165, 1.54) is 0 Å². The molecule has 0 aliphatic rings. The fourth-order valence-corrected chi connectivity index (χ4v) is 1.45. The third kappa shape index (κ3) is 4.14. The van der Waals surface area contributed by atoms with Crippen LogP contribution in [0.4, 0.5) is 0 Å². The van der Waals surface area contributed by atoms with Gasteiger partial charge in [-0.25, -0.2) is 0 Å². The highest BCUT2D eigenvalue weighted by atomic mass is 16.4. The first-order chi connectivity index (χ1) is 8.04. The van der Waals surface area contributed by atoms with E-state index in [1.54, 1.807) is 24.3 Å². The molecule has 5 nitrogen and oxygen atoms in total. The van der Waals surface area contributed by atoms with Gasteiger partial charge in [-0.15, -0.1) is 0 Å². The molecule has 0 aliphatic heterocycles. The van der Waals surface area contributed by atoms with Gasteiger partial charge in [0.05, 0.1) is 6.61 Å². The summed E-state index contributed by atoms with van der Waals surface area (Å²) in [6, 6.07) is 6.62. The van der Waals surface area contributed by atoms with Gasteiger partial charge < -0.3 is 20.4 Å². The minimum atomic E-state index is -1.21. The number of carbonyl (C=O) groups is 1.